The van der Waals surface area contributed by atoms with Crippen LogP contribution < -0.4 is 10.3 Å². The van der Waals surface area contributed by atoms with Crippen LogP contribution in [0.2, 0.25) is 0 Å². The first-order valence-corrected chi connectivity index (χ1v) is 12.0. The molecule has 1 aliphatic rings. The molecule has 1 fully saturated rings. The standard InChI is InChI=1S/C27H34N4O3/c1-18(2)16-25(32)30-15-14-29(17-19(30)3)20(4)26-28-22-11-7-6-10-21(22)27(33)31(26)23-12-8-9-13-24(23)34-5/h6-13,18-20H,14-17H2,1-5H3. The average Bonchev–Trinajstić information content (AvgIpc) is 2.83. The second-order valence-corrected chi connectivity index (χ2v) is 9.50. The summed E-state index contributed by atoms with van der Waals surface area (Å²) in [5.74, 6) is 1.84. The van der Waals surface area contributed by atoms with Crippen molar-refractivity contribution >= 4 is 16.8 Å². The van der Waals surface area contributed by atoms with Gasteiger partial charge in [0.15, 0.2) is 0 Å². The summed E-state index contributed by atoms with van der Waals surface area (Å²) < 4.78 is 7.28. The molecular formula is C27H34N4O3. The van der Waals surface area contributed by atoms with E-state index in [0.717, 1.165) is 13.1 Å². The van der Waals surface area contributed by atoms with Crippen molar-refractivity contribution in [2.24, 2.45) is 5.92 Å². The van der Waals surface area contributed by atoms with E-state index in [1.165, 1.54) is 0 Å². The van der Waals surface area contributed by atoms with Crippen molar-refractivity contribution in [3.8, 4) is 11.4 Å². The third-order valence-corrected chi connectivity index (χ3v) is 6.61. The van der Waals surface area contributed by atoms with Gasteiger partial charge in [-0.25, -0.2) is 4.98 Å². The fraction of sp³-hybridized carbons (Fsp3) is 0.444. The number of hydrogen-bond donors (Lipinski definition) is 0. The van der Waals surface area contributed by atoms with Crippen LogP contribution in [0, 0.1) is 5.92 Å². The lowest BCUT2D eigenvalue weighted by atomic mass is 10.1. The van der Waals surface area contributed by atoms with E-state index in [-0.39, 0.29) is 23.6 Å². The second-order valence-electron chi connectivity index (χ2n) is 9.50. The maximum atomic E-state index is 13.7. The zero-order chi connectivity index (χ0) is 24.4. The van der Waals surface area contributed by atoms with Gasteiger partial charge in [0.05, 0.1) is 29.7 Å². The molecule has 0 bridgehead atoms. The molecule has 2 heterocycles. The number of nitrogens with zero attached hydrogens (tertiary/aromatic N) is 4. The van der Waals surface area contributed by atoms with Crippen LogP contribution in [0.1, 0.15) is 46.0 Å². The Kier molecular flexibility index (Phi) is 7.03. The quantitative estimate of drug-likeness (QED) is 0.553. The molecule has 180 valence electrons. The first kappa shape index (κ1) is 24.0. The predicted octanol–water partition coefficient (Wildman–Crippen LogP) is 4.03. The summed E-state index contributed by atoms with van der Waals surface area (Å²) >= 11 is 0. The molecule has 3 aromatic rings. The van der Waals surface area contributed by atoms with E-state index >= 15 is 0 Å². The molecule has 1 amide bonds. The Morgan fingerprint density at radius 1 is 1.09 bits per heavy atom. The summed E-state index contributed by atoms with van der Waals surface area (Å²) in [7, 11) is 1.61. The topological polar surface area (TPSA) is 67.7 Å². The van der Waals surface area contributed by atoms with Crippen LogP contribution >= 0.6 is 0 Å². The lowest BCUT2D eigenvalue weighted by Crippen LogP contribution is -2.54. The summed E-state index contributed by atoms with van der Waals surface area (Å²) in [5, 5.41) is 0.571. The van der Waals surface area contributed by atoms with Crippen LogP contribution in [0.5, 0.6) is 5.75 Å². The maximum Gasteiger partial charge on any atom is 0.266 e. The van der Waals surface area contributed by atoms with E-state index < -0.39 is 0 Å². The molecule has 1 saturated heterocycles. The fourth-order valence-corrected chi connectivity index (χ4v) is 4.82. The number of para-hydroxylation sites is 3. The van der Waals surface area contributed by atoms with Crippen molar-refractivity contribution in [3.63, 3.8) is 0 Å². The van der Waals surface area contributed by atoms with Gasteiger partial charge in [0, 0.05) is 32.1 Å². The Hall–Kier alpha value is -3.19. The first-order chi connectivity index (χ1) is 16.3. The van der Waals surface area contributed by atoms with E-state index in [2.05, 4.69) is 32.6 Å². The monoisotopic (exact) mass is 462 g/mol. The van der Waals surface area contributed by atoms with Gasteiger partial charge in [0.25, 0.3) is 5.56 Å². The minimum atomic E-state index is -0.132. The molecule has 1 aliphatic heterocycles. The van der Waals surface area contributed by atoms with E-state index in [4.69, 9.17) is 9.72 Å². The minimum Gasteiger partial charge on any atom is -0.495 e. The van der Waals surface area contributed by atoms with Gasteiger partial charge in [-0.1, -0.05) is 38.1 Å². The van der Waals surface area contributed by atoms with Crippen molar-refractivity contribution in [3.05, 3.63) is 64.7 Å². The van der Waals surface area contributed by atoms with E-state index in [1.54, 1.807) is 11.7 Å². The Morgan fingerprint density at radius 3 is 2.50 bits per heavy atom. The van der Waals surface area contributed by atoms with Crippen molar-refractivity contribution in [1.29, 1.82) is 0 Å². The first-order valence-electron chi connectivity index (χ1n) is 12.0. The molecule has 7 nitrogen and oxygen atoms in total. The molecule has 0 radical (unpaired) electrons. The smallest absolute Gasteiger partial charge is 0.266 e. The highest BCUT2D eigenvalue weighted by Crippen LogP contribution is 2.29. The number of ether oxygens (including phenoxy) is 1. The lowest BCUT2D eigenvalue weighted by molar-refractivity contribution is -0.136. The zero-order valence-corrected chi connectivity index (χ0v) is 20.7. The number of methoxy groups -OCH3 is 1. The van der Waals surface area contributed by atoms with Crippen LogP contribution in [0.25, 0.3) is 16.6 Å². The number of fused-ring (bicyclic) bond motifs is 1. The van der Waals surface area contributed by atoms with E-state index in [0.29, 0.717) is 47.0 Å². The number of amides is 1. The number of hydrogen-bond acceptors (Lipinski definition) is 5. The minimum absolute atomic E-state index is 0.0920. The molecule has 34 heavy (non-hydrogen) atoms. The molecule has 2 unspecified atom stereocenters. The molecule has 1 aromatic heterocycles. The number of piperazine rings is 1. The zero-order valence-electron chi connectivity index (χ0n) is 20.7. The largest absolute Gasteiger partial charge is 0.495 e. The molecule has 4 rings (SSSR count). The molecule has 0 saturated carbocycles. The van der Waals surface area contributed by atoms with Crippen molar-refractivity contribution < 1.29 is 9.53 Å². The van der Waals surface area contributed by atoms with Gasteiger partial charge < -0.3 is 9.64 Å². The molecule has 2 aromatic carbocycles. The number of rotatable bonds is 6. The van der Waals surface area contributed by atoms with Gasteiger partial charge in [0.2, 0.25) is 5.91 Å². The van der Waals surface area contributed by atoms with Crippen molar-refractivity contribution in [2.75, 3.05) is 26.7 Å². The molecule has 0 N–H and O–H groups in total. The third kappa shape index (κ3) is 4.57. The number of benzene rings is 2. The van der Waals surface area contributed by atoms with E-state index in [1.807, 2.05) is 53.4 Å². The molecular weight excluding hydrogens is 428 g/mol. The van der Waals surface area contributed by atoms with Crippen LogP contribution in [0.4, 0.5) is 0 Å². The maximum absolute atomic E-state index is 13.7. The summed E-state index contributed by atoms with van der Waals surface area (Å²) in [6, 6.07) is 14.9. The van der Waals surface area contributed by atoms with Crippen LogP contribution in [0.3, 0.4) is 0 Å². The summed E-state index contributed by atoms with van der Waals surface area (Å²) in [5.41, 5.74) is 1.24. The van der Waals surface area contributed by atoms with Crippen LogP contribution in [0.15, 0.2) is 53.3 Å². The van der Waals surface area contributed by atoms with Crippen LogP contribution in [-0.2, 0) is 4.79 Å². The number of carbonyl (C=O) groups is 1. The molecule has 2 atom stereocenters. The van der Waals surface area contributed by atoms with Gasteiger partial charge in [0.1, 0.15) is 11.6 Å². The molecule has 7 heteroatoms. The van der Waals surface area contributed by atoms with Crippen molar-refractivity contribution in [2.45, 2.75) is 46.2 Å². The van der Waals surface area contributed by atoms with Gasteiger partial charge in [-0.3, -0.25) is 19.1 Å². The van der Waals surface area contributed by atoms with Gasteiger partial charge in [-0.05, 0) is 44.0 Å². The molecule has 0 aliphatic carbocycles. The highest BCUT2D eigenvalue weighted by Gasteiger charge is 2.32. The third-order valence-electron chi connectivity index (χ3n) is 6.61. The summed E-state index contributed by atoms with van der Waals surface area (Å²) in [6.07, 6.45) is 0.569. The molecule has 0 spiro atoms. The fourth-order valence-electron chi connectivity index (χ4n) is 4.82. The average molecular weight is 463 g/mol. The van der Waals surface area contributed by atoms with Gasteiger partial charge in [-0.15, -0.1) is 0 Å². The van der Waals surface area contributed by atoms with Crippen molar-refractivity contribution in [1.82, 2.24) is 19.4 Å². The number of aromatic nitrogens is 2. The van der Waals surface area contributed by atoms with Crippen LogP contribution in [-0.4, -0.2) is 58.0 Å². The van der Waals surface area contributed by atoms with Gasteiger partial charge in [-0.2, -0.15) is 0 Å². The Balaban J connectivity index is 1.74. The SMILES string of the molecule is COc1ccccc1-n1c(C(C)N2CCN(C(=O)CC(C)C)C(C)C2)nc2ccccc2c1=O. The summed E-state index contributed by atoms with van der Waals surface area (Å²) in [6.45, 7) is 10.4. The lowest BCUT2D eigenvalue weighted by Gasteiger charge is -2.42. The Morgan fingerprint density at radius 2 is 1.79 bits per heavy atom. The second kappa shape index (κ2) is 9.97. The van der Waals surface area contributed by atoms with Gasteiger partial charge >= 0.3 is 0 Å². The highest BCUT2D eigenvalue weighted by molar-refractivity contribution is 5.78. The Bertz CT molecular complexity index is 1240. The normalized spacial score (nSPS) is 17.8. The number of carbonyl (C=O) groups excluding carboxylic acids is 1. The van der Waals surface area contributed by atoms with E-state index in [9.17, 15) is 9.59 Å². The summed E-state index contributed by atoms with van der Waals surface area (Å²) in [4.78, 5) is 35.7. The predicted molar refractivity (Wildman–Crippen MR) is 135 cm³/mol. The Labute approximate surface area is 201 Å². The highest BCUT2D eigenvalue weighted by atomic mass is 16.5.